The van der Waals surface area contributed by atoms with Crippen molar-refractivity contribution in [1.82, 2.24) is 9.78 Å². The van der Waals surface area contributed by atoms with E-state index in [0.29, 0.717) is 6.04 Å². The summed E-state index contributed by atoms with van der Waals surface area (Å²) in [5.74, 6) is 1.17. The number of anilines is 1. The van der Waals surface area contributed by atoms with E-state index in [4.69, 9.17) is 0 Å². The molecule has 0 saturated carbocycles. The maximum absolute atomic E-state index is 4.52. The molecule has 3 nitrogen and oxygen atoms in total. The van der Waals surface area contributed by atoms with E-state index >= 15 is 0 Å². The van der Waals surface area contributed by atoms with Crippen LogP contribution in [0.1, 0.15) is 34.7 Å². The normalized spacial score (nSPS) is 18.3. The van der Waals surface area contributed by atoms with Gasteiger partial charge in [-0.05, 0) is 43.9 Å². The number of aromatic nitrogens is 2. The van der Waals surface area contributed by atoms with E-state index in [2.05, 4.69) is 54.1 Å². The monoisotopic (exact) mass is 241 g/mol. The van der Waals surface area contributed by atoms with Crippen molar-refractivity contribution in [3.8, 4) is 0 Å². The Morgan fingerprint density at radius 2 is 2.00 bits per heavy atom. The summed E-state index contributed by atoms with van der Waals surface area (Å²) in [6, 6.07) is 7.11. The highest BCUT2D eigenvalue weighted by molar-refractivity contribution is 5.46. The number of fused-ring (bicyclic) bond motifs is 1. The molecule has 1 aromatic heterocycles. The molecular weight excluding hydrogens is 222 g/mol. The van der Waals surface area contributed by atoms with Gasteiger partial charge in [0, 0.05) is 12.1 Å². The van der Waals surface area contributed by atoms with Gasteiger partial charge in [-0.1, -0.05) is 18.2 Å². The van der Waals surface area contributed by atoms with E-state index in [1.54, 1.807) is 0 Å². The highest BCUT2D eigenvalue weighted by Crippen LogP contribution is 2.31. The summed E-state index contributed by atoms with van der Waals surface area (Å²) in [7, 11) is 0. The van der Waals surface area contributed by atoms with Gasteiger partial charge in [-0.2, -0.15) is 5.10 Å². The minimum atomic E-state index is 0.370. The summed E-state index contributed by atoms with van der Waals surface area (Å²) >= 11 is 0. The predicted octanol–water partition coefficient (Wildman–Crippen LogP) is 3.21. The van der Waals surface area contributed by atoms with Crippen molar-refractivity contribution < 1.29 is 0 Å². The third kappa shape index (κ3) is 1.70. The SMILES string of the molecule is Cc1ccc(C2CCNc3c(C)cnn32)cc1C. The lowest BCUT2D eigenvalue weighted by Crippen LogP contribution is -2.24. The lowest BCUT2D eigenvalue weighted by molar-refractivity contribution is 0.481. The maximum Gasteiger partial charge on any atom is 0.127 e. The first-order chi connectivity index (χ1) is 8.66. The first-order valence-corrected chi connectivity index (χ1v) is 6.52. The van der Waals surface area contributed by atoms with Crippen molar-refractivity contribution in [3.05, 3.63) is 46.6 Å². The molecule has 0 fully saturated rings. The number of nitrogens with zero attached hydrogens (tertiary/aromatic N) is 2. The Balaban J connectivity index is 2.05. The molecule has 1 atom stereocenters. The van der Waals surface area contributed by atoms with Gasteiger partial charge in [0.05, 0.1) is 12.2 Å². The Morgan fingerprint density at radius 3 is 2.78 bits per heavy atom. The molecule has 3 rings (SSSR count). The molecule has 0 aliphatic carbocycles. The third-order valence-electron chi connectivity index (χ3n) is 3.90. The fraction of sp³-hybridized carbons (Fsp3) is 0.400. The second kappa shape index (κ2) is 4.16. The summed E-state index contributed by atoms with van der Waals surface area (Å²) < 4.78 is 2.13. The Bertz CT molecular complexity index is 583. The topological polar surface area (TPSA) is 29.9 Å². The average molecular weight is 241 g/mol. The molecule has 1 unspecified atom stereocenters. The molecule has 2 heterocycles. The van der Waals surface area contributed by atoms with Crippen LogP contribution in [0.2, 0.25) is 0 Å². The Hall–Kier alpha value is -1.77. The molecule has 1 aliphatic rings. The summed E-state index contributed by atoms with van der Waals surface area (Å²) in [6.45, 7) is 7.46. The van der Waals surface area contributed by atoms with Gasteiger partial charge in [-0.3, -0.25) is 0 Å². The van der Waals surface area contributed by atoms with E-state index in [-0.39, 0.29) is 0 Å². The molecule has 0 saturated heterocycles. The van der Waals surface area contributed by atoms with Crippen LogP contribution in [0.4, 0.5) is 5.82 Å². The van der Waals surface area contributed by atoms with Gasteiger partial charge >= 0.3 is 0 Å². The highest BCUT2D eigenvalue weighted by Gasteiger charge is 2.23. The zero-order valence-corrected chi connectivity index (χ0v) is 11.2. The number of rotatable bonds is 1. The molecule has 3 heteroatoms. The largest absolute Gasteiger partial charge is 0.370 e. The second-order valence-corrected chi connectivity index (χ2v) is 5.20. The van der Waals surface area contributed by atoms with Gasteiger partial charge < -0.3 is 5.32 Å². The van der Waals surface area contributed by atoms with Gasteiger partial charge in [-0.25, -0.2) is 4.68 Å². The van der Waals surface area contributed by atoms with Crippen LogP contribution in [0, 0.1) is 20.8 Å². The molecule has 0 spiro atoms. The highest BCUT2D eigenvalue weighted by atomic mass is 15.4. The van der Waals surface area contributed by atoms with Crippen molar-refractivity contribution in [2.75, 3.05) is 11.9 Å². The van der Waals surface area contributed by atoms with Crippen molar-refractivity contribution in [2.24, 2.45) is 0 Å². The van der Waals surface area contributed by atoms with Gasteiger partial charge in [0.25, 0.3) is 0 Å². The summed E-state index contributed by atoms with van der Waals surface area (Å²) in [4.78, 5) is 0. The van der Waals surface area contributed by atoms with Gasteiger partial charge in [0.2, 0.25) is 0 Å². The minimum absolute atomic E-state index is 0.370. The Kier molecular flexibility index (Phi) is 2.62. The van der Waals surface area contributed by atoms with E-state index in [1.165, 1.54) is 28.1 Å². The zero-order valence-electron chi connectivity index (χ0n) is 11.2. The predicted molar refractivity (Wildman–Crippen MR) is 74.1 cm³/mol. The number of hydrogen-bond donors (Lipinski definition) is 1. The van der Waals surface area contributed by atoms with Crippen LogP contribution in [0.15, 0.2) is 24.4 Å². The number of hydrogen-bond acceptors (Lipinski definition) is 2. The van der Waals surface area contributed by atoms with Crippen molar-refractivity contribution >= 4 is 5.82 Å². The summed E-state index contributed by atoms with van der Waals surface area (Å²) in [5.41, 5.74) is 5.30. The van der Waals surface area contributed by atoms with E-state index in [9.17, 15) is 0 Å². The molecular formula is C15H19N3. The smallest absolute Gasteiger partial charge is 0.127 e. The van der Waals surface area contributed by atoms with Gasteiger partial charge in [0.15, 0.2) is 0 Å². The van der Waals surface area contributed by atoms with Crippen LogP contribution in [-0.4, -0.2) is 16.3 Å². The first kappa shape index (κ1) is 11.3. The van der Waals surface area contributed by atoms with Crippen LogP contribution in [-0.2, 0) is 0 Å². The quantitative estimate of drug-likeness (QED) is 0.830. The van der Waals surface area contributed by atoms with Crippen molar-refractivity contribution in [3.63, 3.8) is 0 Å². The van der Waals surface area contributed by atoms with Gasteiger partial charge in [-0.15, -0.1) is 0 Å². The van der Waals surface area contributed by atoms with Crippen LogP contribution in [0.5, 0.6) is 0 Å². The molecule has 1 aliphatic heterocycles. The van der Waals surface area contributed by atoms with E-state index in [1.807, 2.05) is 6.20 Å². The molecule has 1 aromatic carbocycles. The molecule has 2 aromatic rings. The van der Waals surface area contributed by atoms with E-state index in [0.717, 1.165) is 13.0 Å². The number of benzene rings is 1. The summed E-state index contributed by atoms with van der Waals surface area (Å²) in [5, 5.41) is 7.96. The Morgan fingerprint density at radius 1 is 1.17 bits per heavy atom. The van der Waals surface area contributed by atoms with Gasteiger partial charge in [0.1, 0.15) is 5.82 Å². The van der Waals surface area contributed by atoms with E-state index < -0.39 is 0 Å². The molecule has 18 heavy (non-hydrogen) atoms. The van der Waals surface area contributed by atoms with Crippen LogP contribution in [0.25, 0.3) is 0 Å². The second-order valence-electron chi connectivity index (χ2n) is 5.20. The molecule has 0 amide bonds. The average Bonchev–Trinajstić information content (AvgIpc) is 2.75. The number of nitrogens with one attached hydrogen (secondary N) is 1. The molecule has 94 valence electrons. The molecule has 0 bridgehead atoms. The minimum Gasteiger partial charge on any atom is -0.370 e. The third-order valence-corrected chi connectivity index (χ3v) is 3.90. The van der Waals surface area contributed by atoms with Crippen LogP contribution >= 0.6 is 0 Å². The fourth-order valence-electron chi connectivity index (χ4n) is 2.63. The standard InChI is InChI=1S/C15H19N3/c1-10-4-5-13(8-11(10)2)14-6-7-16-15-12(3)9-17-18(14)15/h4-5,8-9,14,16H,6-7H2,1-3H3. The van der Waals surface area contributed by atoms with Crippen LogP contribution < -0.4 is 5.32 Å². The Labute approximate surface area is 108 Å². The first-order valence-electron chi connectivity index (χ1n) is 6.52. The molecule has 1 N–H and O–H groups in total. The lowest BCUT2D eigenvalue weighted by atomic mass is 9.98. The van der Waals surface area contributed by atoms with Crippen molar-refractivity contribution in [1.29, 1.82) is 0 Å². The van der Waals surface area contributed by atoms with Crippen LogP contribution in [0.3, 0.4) is 0 Å². The maximum atomic E-state index is 4.52. The zero-order chi connectivity index (χ0) is 12.7. The number of aryl methyl sites for hydroxylation is 3. The fourth-order valence-corrected chi connectivity index (χ4v) is 2.63. The lowest BCUT2D eigenvalue weighted by Gasteiger charge is -2.27. The molecule has 0 radical (unpaired) electrons. The summed E-state index contributed by atoms with van der Waals surface area (Å²) in [6.07, 6.45) is 3.04. The van der Waals surface area contributed by atoms with Crippen molar-refractivity contribution in [2.45, 2.75) is 33.2 Å².